The summed E-state index contributed by atoms with van der Waals surface area (Å²) >= 11 is 0. The van der Waals surface area contributed by atoms with Gasteiger partial charge in [-0.1, -0.05) is 30.3 Å². The molecule has 1 aliphatic heterocycles. The average molecular weight is 320 g/mol. The van der Waals surface area contributed by atoms with Gasteiger partial charge in [-0.2, -0.15) is 0 Å². The van der Waals surface area contributed by atoms with Crippen LogP contribution in [0.1, 0.15) is 19.4 Å². The number of hydrogen-bond acceptors (Lipinski definition) is 4. The third-order valence-corrected chi connectivity index (χ3v) is 4.07. The minimum absolute atomic E-state index is 0.0256. The number of rotatable bonds is 1. The van der Waals surface area contributed by atoms with Gasteiger partial charge in [-0.3, -0.25) is 4.79 Å². The Hall–Kier alpha value is -3.01. The van der Waals surface area contributed by atoms with E-state index in [4.69, 9.17) is 9.15 Å². The van der Waals surface area contributed by atoms with Crippen LogP contribution in [0.2, 0.25) is 0 Å². The van der Waals surface area contributed by atoms with Crippen molar-refractivity contribution in [2.45, 2.75) is 19.4 Å². The first-order valence-electron chi connectivity index (χ1n) is 7.72. The fourth-order valence-electron chi connectivity index (χ4n) is 2.88. The normalized spacial score (nSPS) is 15.1. The van der Waals surface area contributed by atoms with Crippen LogP contribution in [-0.4, -0.2) is 10.7 Å². The van der Waals surface area contributed by atoms with Crippen LogP contribution in [0.3, 0.4) is 0 Å². The standard InChI is InChI=1S/C20H16O4/c1-20(2)9-8-13-14(21)10-17-18(19(13)24-20)15(22)11-16(23-17)12-6-4-3-5-7-12/h3-11,21H,1-2H3. The molecule has 0 bridgehead atoms. The summed E-state index contributed by atoms with van der Waals surface area (Å²) in [5.74, 6) is 0.849. The van der Waals surface area contributed by atoms with E-state index in [-0.39, 0.29) is 11.2 Å². The highest BCUT2D eigenvalue weighted by Crippen LogP contribution is 2.41. The molecule has 0 amide bonds. The smallest absolute Gasteiger partial charge is 0.197 e. The first-order chi connectivity index (χ1) is 11.4. The summed E-state index contributed by atoms with van der Waals surface area (Å²) in [5, 5.41) is 10.6. The molecular formula is C20H16O4. The Morgan fingerprint density at radius 1 is 1.08 bits per heavy atom. The molecule has 4 heteroatoms. The lowest BCUT2D eigenvalue weighted by Crippen LogP contribution is -2.28. The predicted octanol–water partition coefficient (Wildman–Crippen LogP) is 4.35. The second kappa shape index (κ2) is 4.99. The summed E-state index contributed by atoms with van der Waals surface area (Å²) in [5.41, 5.74) is 0.857. The van der Waals surface area contributed by atoms with E-state index in [9.17, 15) is 9.90 Å². The van der Waals surface area contributed by atoms with Crippen LogP contribution in [0.25, 0.3) is 28.4 Å². The van der Waals surface area contributed by atoms with E-state index < -0.39 is 5.60 Å². The molecule has 0 unspecified atom stereocenters. The first kappa shape index (κ1) is 14.6. The minimum Gasteiger partial charge on any atom is -0.507 e. The molecule has 0 atom stereocenters. The second-order valence-corrected chi connectivity index (χ2v) is 6.39. The van der Waals surface area contributed by atoms with Crippen molar-refractivity contribution in [2.75, 3.05) is 0 Å². The van der Waals surface area contributed by atoms with Crippen LogP contribution in [0, 0.1) is 0 Å². The summed E-state index contributed by atoms with van der Waals surface area (Å²) in [6.07, 6.45) is 3.62. The number of phenolic OH excluding ortho intramolecular Hbond substituents is 1. The molecule has 120 valence electrons. The molecule has 2 aromatic carbocycles. The molecule has 0 fully saturated rings. The molecule has 4 nitrogen and oxygen atoms in total. The van der Waals surface area contributed by atoms with Gasteiger partial charge in [0.1, 0.15) is 33.8 Å². The largest absolute Gasteiger partial charge is 0.507 e. The van der Waals surface area contributed by atoms with Gasteiger partial charge >= 0.3 is 0 Å². The number of phenols is 1. The van der Waals surface area contributed by atoms with Gasteiger partial charge < -0.3 is 14.3 Å². The molecule has 3 aromatic rings. The van der Waals surface area contributed by atoms with Crippen LogP contribution in [0.15, 0.2) is 57.8 Å². The first-order valence-corrected chi connectivity index (χ1v) is 7.72. The van der Waals surface area contributed by atoms with Crippen LogP contribution < -0.4 is 10.2 Å². The highest BCUT2D eigenvalue weighted by Gasteiger charge is 2.27. The van der Waals surface area contributed by atoms with Crippen LogP contribution in [0.4, 0.5) is 0 Å². The molecule has 0 spiro atoms. The SMILES string of the molecule is CC1(C)C=Cc2c(O)cc3oc(-c4ccccc4)cc(=O)c3c2O1. The van der Waals surface area contributed by atoms with Crippen molar-refractivity contribution in [2.24, 2.45) is 0 Å². The van der Waals surface area contributed by atoms with E-state index in [2.05, 4.69) is 0 Å². The summed E-state index contributed by atoms with van der Waals surface area (Å²) in [4.78, 5) is 12.7. The Kier molecular flexibility index (Phi) is 3.03. The molecule has 24 heavy (non-hydrogen) atoms. The summed E-state index contributed by atoms with van der Waals surface area (Å²) in [6, 6.07) is 12.3. The lowest BCUT2D eigenvalue weighted by molar-refractivity contribution is 0.160. The summed E-state index contributed by atoms with van der Waals surface area (Å²) in [6.45, 7) is 3.78. The van der Waals surface area contributed by atoms with Gasteiger partial charge in [0.05, 0.1) is 5.56 Å². The zero-order valence-electron chi connectivity index (χ0n) is 13.4. The van der Waals surface area contributed by atoms with E-state index in [1.54, 1.807) is 6.08 Å². The van der Waals surface area contributed by atoms with Gasteiger partial charge in [-0.15, -0.1) is 0 Å². The lowest BCUT2D eigenvalue weighted by atomic mass is 9.99. The monoisotopic (exact) mass is 320 g/mol. The third kappa shape index (κ3) is 2.27. The zero-order valence-corrected chi connectivity index (χ0v) is 13.4. The van der Waals surface area contributed by atoms with Crippen molar-refractivity contribution >= 4 is 17.0 Å². The molecule has 0 saturated heterocycles. The molecule has 1 N–H and O–H groups in total. The Labute approximate surface area is 138 Å². The minimum atomic E-state index is -0.557. The van der Waals surface area contributed by atoms with Crippen LogP contribution in [-0.2, 0) is 0 Å². The van der Waals surface area contributed by atoms with E-state index >= 15 is 0 Å². The maximum atomic E-state index is 12.7. The number of hydrogen-bond donors (Lipinski definition) is 1. The second-order valence-electron chi connectivity index (χ2n) is 6.39. The van der Waals surface area contributed by atoms with Gasteiger partial charge in [-0.05, 0) is 26.0 Å². The summed E-state index contributed by atoms with van der Waals surface area (Å²) in [7, 11) is 0. The van der Waals surface area contributed by atoms with Crippen molar-refractivity contribution in [3.63, 3.8) is 0 Å². The van der Waals surface area contributed by atoms with E-state index in [1.807, 2.05) is 50.3 Å². The average Bonchev–Trinajstić information content (AvgIpc) is 2.54. The van der Waals surface area contributed by atoms with Crippen molar-refractivity contribution in [1.82, 2.24) is 0 Å². The van der Waals surface area contributed by atoms with Gasteiger partial charge in [0.25, 0.3) is 0 Å². The fraction of sp³-hybridized carbons (Fsp3) is 0.150. The molecule has 1 aliphatic rings. The van der Waals surface area contributed by atoms with Crippen LogP contribution in [0.5, 0.6) is 11.5 Å². The number of aromatic hydroxyl groups is 1. The van der Waals surface area contributed by atoms with Gasteiger partial charge in [-0.25, -0.2) is 0 Å². The van der Waals surface area contributed by atoms with E-state index in [1.165, 1.54) is 12.1 Å². The van der Waals surface area contributed by atoms with Gasteiger partial charge in [0, 0.05) is 17.7 Å². The van der Waals surface area contributed by atoms with Crippen LogP contribution >= 0.6 is 0 Å². The third-order valence-electron chi connectivity index (χ3n) is 4.07. The Morgan fingerprint density at radius 3 is 2.58 bits per heavy atom. The number of benzene rings is 2. The maximum Gasteiger partial charge on any atom is 0.197 e. The molecular weight excluding hydrogens is 304 g/mol. The van der Waals surface area contributed by atoms with Crippen molar-refractivity contribution < 1.29 is 14.3 Å². The predicted molar refractivity (Wildman–Crippen MR) is 93.3 cm³/mol. The Morgan fingerprint density at radius 2 is 1.83 bits per heavy atom. The Bertz CT molecular complexity index is 1030. The Balaban J connectivity index is 2.02. The van der Waals surface area contributed by atoms with Crippen molar-refractivity contribution in [3.8, 4) is 22.8 Å². The van der Waals surface area contributed by atoms with Crippen molar-refractivity contribution in [1.29, 1.82) is 0 Å². The van der Waals surface area contributed by atoms with E-state index in [0.29, 0.717) is 28.0 Å². The topological polar surface area (TPSA) is 59.7 Å². The highest BCUT2D eigenvalue weighted by atomic mass is 16.5. The number of fused-ring (bicyclic) bond motifs is 3. The van der Waals surface area contributed by atoms with Crippen molar-refractivity contribution in [3.05, 3.63) is 64.3 Å². The zero-order chi connectivity index (χ0) is 16.9. The molecule has 2 heterocycles. The molecule has 4 rings (SSSR count). The van der Waals surface area contributed by atoms with Gasteiger partial charge in [0.15, 0.2) is 5.43 Å². The summed E-state index contributed by atoms with van der Waals surface area (Å²) < 4.78 is 11.8. The highest BCUT2D eigenvalue weighted by molar-refractivity contribution is 5.92. The lowest BCUT2D eigenvalue weighted by Gasteiger charge is -2.28. The van der Waals surface area contributed by atoms with E-state index in [0.717, 1.165) is 5.56 Å². The quantitative estimate of drug-likeness (QED) is 0.724. The molecule has 0 saturated carbocycles. The molecule has 0 radical (unpaired) electrons. The number of ether oxygens (including phenoxy) is 1. The molecule has 1 aromatic heterocycles. The molecule has 0 aliphatic carbocycles. The maximum absolute atomic E-state index is 12.7. The fourth-order valence-corrected chi connectivity index (χ4v) is 2.88. The van der Waals surface area contributed by atoms with Gasteiger partial charge in [0.2, 0.25) is 0 Å².